The number of amides is 1. The van der Waals surface area contributed by atoms with Crippen LogP contribution in [0.25, 0.3) is 0 Å². The summed E-state index contributed by atoms with van der Waals surface area (Å²) in [5.41, 5.74) is 3.23. The van der Waals surface area contributed by atoms with Gasteiger partial charge in [0.05, 0.1) is 18.9 Å². The molecule has 1 aliphatic rings. The molecule has 30 heavy (non-hydrogen) atoms. The van der Waals surface area contributed by atoms with Crippen LogP contribution < -0.4 is 5.32 Å². The predicted molar refractivity (Wildman–Crippen MR) is 117 cm³/mol. The maximum Gasteiger partial charge on any atom is 0.255 e. The van der Waals surface area contributed by atoms with E-state index in [1.165, 1.54) is 0 Å². The topological polar surface area (TPSA) is 58.6 Å². The number of ether oxygens (including phenoxy) is 1. The Morgan fingerprint density at radius 3 is 2.33 bits per heavy atom. The number of para-hydroxylation sites is 1. The quantitative estimate of drug-likeness (QED) is 0.636. The average molecular weight is 400 g/mol. The van der Waals surface area contributed by atoms with Gasteiger partial charge in [0.1, 0.15) is 0 Å². The van der Waals surface area contributed by atoms with Gasteiger partial charge >= 0.3 is 0 Å². The summed E-state index contributed by atoms with van der Waals surface area (Å²) in [6.45, 7) is 4.06. The number of nitrogens with one attached hydrogen (secondary N) is 1. The van der Waals surface area contributed by atoms with Crippen LogP contribution in [-0.4, -0.2) is 42.9 Å². The van der Waals surface area contributed by atoms with Crippen molar-refractivity contribution in [2.75, 3.05) is 31.6 Å². The molecule has 1 N–H and O–H groups in total. The highest BCUT2D eigenvalue weighted by Crippen LogP contribution is 2.20. The van der Waals surface area contributed by atoms with Gasteiger partial charge in [0.25, 0.3) is 5.91 Å². The summed E-state index contributed by atoms with van der Waals surface area (Å²) in [4.78, 5) is 28.1. The molecule has 1 aliphatic heterocycles. The molecule has 3 aromatic carbocycles. The summed E-state index contributed by atoms with van der Waals surface area (Å²) in [6, 6.07) is 23.8. The van der Waals surface area contributed by atoms with Crippen molar-refractivity contribution in [1.82, 2.24) is 4.90 Å². The molecule has 0 atom stereocenters. The van der Waals surface area contributed by atoms with E-state index in [0.29, 0.717) is 22.4 Å². The zero-order valence-electron chi connectivity index (χ0n) is 16.7. The first kappa shape index (κ1) is 20.0. The lowest BCUT2D eigenvalue weighted by molar-refractivity contribution is 0.0342. The molecule has 152 valence electrons. The Balaban J connectivity index is 1.51. The number of nitrogens with zero attached hydrogens (tertiary/aromatic N) is 1. The molecular formula is C25H24N2O3. The third-order valence-electron chi connectivity index (χ3n) is 5.15. The minimum atomic E-state index is -0.230. The van der Waals surface area contributed by atoms with E-state index in [0.717, 1.165) is 38.4 Å². The van der Waals surface area contributed by atoms with Crippen LogP contribution in [0, 0.1) is 0 Å². The van der Waals surface area contributed by atoms with Gasteiger partial charge in [0.2, 0.25) is 0 Å². The zero-order chi connectivity index (χ0) is 20.8. The smallest absolute Gasteiger partial charge is 0.255 e. The molecule has 1 fully saturated rings. The summed E-state index contributed by atoms with van der Waals surface area (Å²) in [6.07, 6.45) is 0. The second kappa shape index (κ2) is 9.48. The predicted octanol–water partition coefficient (Wildman–Crippen LogP) is 4.00. The van der Waals surface area contributed by atoms with E-state index >= 15 is 0 Å². The fraction of sp³-hybridized carbons (Fsp3) is 0.200. The van der Waals surface area contributed by atoms with E-state index in [1.807, 2.05) is 42.5 Å². The Labute approximate surface area is 176 Å². The second-order valence-electron chi connectivity index (χ2n) is 7.28. The molecule has 3 aromatic rings. The van der Waals surface area contributed by atoms with Gasteiger partial charge in [0.15, 0.2) is 5.78 Å². The van der Waals surface area contributed by atoms with E-state index in [2.05, 4.69) is 10.2 Å². The first-order valence-corrected chi connectivity index (χ1v) is 10.1. The fourth-order valence-electron chi connectivity index (χ4n) is 3.56. The third-order valence-corrected chi connectivity index (χ3v) is 5.15. The fourth-order valence-corrected chi connectivity index (χ4v) is 3.56. The van der Waals surface area contributed by atoms with Crippen LogP contribution in [0.1, 0.15) is 31.8 Å². The van der Waals surface area contributed by atoms with Crippen LogP contribution in [-0.2, 0) is 11.3 Å². The highest BCUT2D eigenvalue weighted by atomic mass is 16.5. The summed E-state index contributed by atoms with van der Waals surface area (Å²) in [7, 11) is 0. The van der Waals surface area contributed by atoms with Gasteiger partial charge in [-0.25, -0.2) is 0 Å². The first-order valence-electron chi connectivity index (χ1n) is 10.1. The van der Waals surface area contributed by atoms with Crippen molar-refractivity contribution in [3.8, 4) is 0 Å². The van der Waals surface area contributed by atoms with Gasteiger partial charge in [0, 0.05) is 36.3 Å². The molecule has 5 heteroatoms. The summed E-state index contributed by atoms with van der Waals surface area (Å²) in [5.74, 6) is -0.347. The largest absolute Gasteiger partial charge is 0.379 e. The zero-order valence-corrected chi connectivity index (χ0v) is 16.7. The number of benzene rings is 3. The first-order chi connectivity index (χ1) is 14.7. The number of rotatable bonds is 6. The van der Waals surface area contributed by atoms with Gasteiger partial charge in [-0.1, -0.05) is 54.6 Å². The maximum atomic E-state index is 12.9. The average Bonchev–Trinajstić information content (AvgIpc) is 2.80. The number of hydrogen-bond donors (Lipinski definition) is 1. The van der Waals surface area contributed by atoms with Crippen LogP contribution in [0.4, 0.5) is 5.69 Å². The SMILES string of the molecule is O=C(Nc1ccccc1C(=O)c1ccccc1)c1cccc(CN2CCOCC2)c1. The Morgan fingerprint density at radius 2 is 1.53 bits per heavy atom. The number of carbonyl (C=O) groups excluding carboxylic acids is 2. The van der Waals surface area contributed by atoms with Gasteiger partial charge in [-0.3, -0.25) is 14.5 Å². The van der Waals surface area contributed by atoms with Crippen LogP contribution in [0.2, 0.25) is 0 Å². The number of ketones is 1. The van der Waals surface area contributed by atoms with Crippen LogP contribution >= 0.6 is 0 Å². The maximum absolute atomic E-state index is 12.9. The Hall–Kier alpha value is -3.28. The van der Waals surface area contributed by atoms with E-state index in [9.17, 15) is 9.59 Å². The van der Waals surface area contributed by atoms with E-state index < -0.39 is 0 Å². The Bertz CT molecular complexity index is 1030. The molecule has 5 nitrogen and oxygen atoms in total. The molecule has 1 saturated heterocycles. The van der Waals surface area contributed by atoms with Gasteiger partial charge in [-0.15, -0.1) is 0 Å². The summed E-state index contributed by atoms with van der Waals surface area (Å²) in [5, 5.41) is 2.91. The van der Waals surface area contributed by atoms with Gasteiger partial charge in [-0.2, -0.15) is 0 Å². The van der Waals surface area contributed by atoms with Crippen molar-refractivity contribution in [2.45, 2.75) is 6.54 Å². The molecule has 0 spiro atoms. The highest BCUT2D eigenvalue weighted by molar-refractivity contribution is 6.15. The molecule has 1 amide bonds. The third kappa shape index (κ3) is 4.82. The highest BCUT2D eigenvalue weighted by Gasteiger charge is 2.16. The van der Waals surface area contributed by atoms with Crippen molar-refractivity contribution in [1.29, 1.82) is 0 Å². The number of morpholine rings is 1. The molecule has 0 aliphatic carbocycles. The molecule has 0 saturated carbocycles. The van der Waals surface area contributed by atoms with Crippen LogP contribution in [0.5, 0.6) is 0 Å². The van der Waals surface area contributed by atoms with Crippen LogP contribution in [0.15, 0.2) is 78.9 Å². The Morgan fingerprint density at radius 1 is 0.833 bits per heavy atom. The Kier molecular flexibility index (Phi) is 6.32. The van der Waals surface area contributed by atoms with Crippen molar-refractivity contribution < 1.29 is 14.3 Å². The molecular weight excluding hydrogens is 376 g/mol. The number of hydrogen-bond acceptors (Lipinski definition) is 4. The van der Waals surface area contributed by atoms with Gasteiger partial charge in [-0.05, 0) is 29.8 Å². The lowest BCUT2D eigenvalue weighted by Crippen LogP contribution is -2.35. The van der Waals surface area contributed by atoms with E-state index in [1.54, 1.807) is 36.4 Å². The molecule has 0 aromatic heterocycles. The van der Waals surface area contributed by atoms with Crippen molar-refractivity contribution >= 4 is 17.4 Å². The lowest BCUT2D eigenvalue weighted by Gasteiger charge is -2.26. The van der Waals surface area contributed by atoms with Gasteiger partial charge < -0.3 is 10.1 Å². The normalized spacial score (nSPS) is 14.3. The van der Waals surface area contributed by atoms with E-state index in [-0.39, 0.29) is 11.7 Å². The molecule has 4 rings (SSSR count). The second-order valence-corrected chi connectivity index (χ2v) is 7.28. The standard InChI is InChI=1S/C25H24N2O3/c28-24(20-8-2-1-3-9-20)22-11-4-5-12-23(22)26-25(29)21-10-6-7-19(17-21)18-27-13-15-30-16-14-27/h1-12,17H,13-16,18H2,(H,26,29). The minimum Gasteiger partial charge on any atom is -0.379 e. The molecule has 0 bridgehead atoms. The molecule has 1 heterocycles. The summed E-state index contributed by atoms with van der Waals surface area (Å²) >= 11 is 0. The molecule has 0 unspecified atom stereocenters. The van der Waals surface area contributed by atoms with Crippen molar-refractivity contribution in [3.05, 3.63) is 101 Å². The lowest BCUT2D eigenvalue weighted by atomic mass is 10.0. The van der Waals surface area contributed by atoms with Crippen molar-refractivity contribution in [2.24, 2.45) is 0 Å². The number of anilines is 1. The number of carbonyl (C=O) groups is 2. The van der Waals surface area contributed by atoms with Crippen LogP contribution in [0.3, 0.4) is 0 Å². The monoisotopic (exact) mass is 400 g/mol. The molecule has 0 radical (unpaired) electrons. The minimum absolute atomic E-state index is 0.118. The van der Waals surface area contributed by atoms with E-state index in [4.69, 9.17) is 4.74 Å². The van der Waals surface area contributed by atoms with Crippen molar-refractivity contribution in [3.63, 3.8) is 0 Å². The summed E-state index contributed by atoms with van der Waals surface area (Å²) < 4.78 is 5.39.